The Balaban J connectivity index is 1.86. The van der Waals surface area contributed by atoms with Gasteiger partial charge in [0, 0.05) is 20.1 Å². The van der Waals surface area contributed by atoms with Gasteiger partial charge in [0.2, 0.25) is 5.91 Å². The predicted molar refractivity (Wildman–Crippen MR) is 79.1 cm³/mol. The highest BCUT2D eigenvalue weighted by Gasteiger charge is 2.41. The Morgan fingerprint density at radius 2 is 1.86 bits per heavy atom. The molecule has 6 nitrogen and oxygen atoms in total. The maximum atomic E-state index is 12.8. The SMILES string of the molecule is CN1C(=O)CO[C@H](C(=O)N2CCOCC2)[C@@H]1c1ccccc1. The Morgan fingerprint density at radius 1 is 1.18 bits per heavy atom. The molecule has 0 spiro atoms. The van der Waals surface area contributed by atoms with Crippen LogP contribution in [0.2, 0.25) is 0 Å². The van der Waals surface area contributed by atoms with Crippen molar-refractivity contribution in [3.63, 3.8) is 0 Å². The Labute approximate surface area is 129 Å². The first-order valence-electron chi connectivity index (χ1n) is 7.47. The zero-order chi connectivity index (χ0) is 15.5. The van der Waals surface area contributed by atoms with Crippen LogP contribution in [0.3, 0.4) is 0 Å². The van der Waals surface area contributed by atoms with Crippen molar-refractivity contribution < 1.29 is 19.1 Å². The number of rotatable bonds is 2. The minimum absolute atomic E-state index is 0.0550. The average Bonchev–Trinajstić information content (AvgIpc) is 2.58. The molecule has 2 saturated heterocycles. The van der Waals surface area contributed by atoms with Gasteiger partial charge in [-0.3, -0.25) is 9.59 Å². The Bertz CT molecular complexity index is 542. The summed E-state index contributed by atoms with van der Waals surface area (Å²) in [6.45, 7) is 2.17. The highest BCUT2D eigenvalue weighted by molar-refractivity contribution is 5.86. The van der Waals surface area contributed by atoms with Gasteiger partial charge in [-0.25, -0.2) is 0 Å². The molecule has 1 aromatic carbocycles. The van der Waals surface area contributed by atoms with Crippen LogP contribution in [0, 0.1) is 0 Å². The number of hydrogen-bond acceptors (Lipinski definition) is 4. The Hall–Kier alpha value is -1.92. The van der Waals surface area contributed by atoms with Crippen LogP contribution in [0.5, 0.6) is 0 Å². The Morgan fingerprint density at radius 3 is 2.55 bits per heavy atom. The topological polar surface area (TPSA) is 59.1 Å². The molecule has 118 valence electrons. The molecule has 2 aliphatic rings. The van der Waals surface area contributed by atoms with E-state index in [-0.39, 0.29) is 18.4 Å². The number of benzene rings is 1. The lowest BCUT2D eigenvalue weighted by Gasteiger charge is -2.40. The van der Waals surface area contributed by atoms with Crippen LogP contribution < -0.4 is 0 Å². The molecule has 2 amide bonds. The van der Waals surface area contributed by atoms with E-state index >= 15 is 0 Å². The second-order valence-electron chi connectivity index (χ2n) is 5.53. The quantitative estimate of drug-likeness (QED) is 0.796. The molecule has 2 fully saturated rings. The largest absolute Gasteiger partial charge is 0.378 e. The average molecular weight is 304 g/mol. The fraction of sp³-hybridized carbons (Fsp3) is 0.500. The lowest BCUT2D eigenvalue weighted by molar-refractivity contribution is -0.169. The normalized spacial score (nSPS) is 26.1. The summed E-state index contributed by atoms with van der Waals surface area (Å²) in [6.07, 6.45) is -0.664. The molecular formula is C16H20N2O4. The molecule has 2 aliphatic heterocycles. The summed E-state index contributed by atoms with van der Waals surface area (Å²) in [7, 11) is 1.72. The third-order valence-electron chi connectivity index (χ3n) is 4.19. The summed E-state index contributed by atoms with van der Waals surface area (Å²) >= 11 is 0. The number of carbonyl (C=O) groups excluding carboxylic acids is 2. The highest BCUT2D eigenvalue weighted by Crippen LogP contribution is 2.30. The molecule has 6 heteroatoms. The van der Waals surface area contributed by atoms with Crippen LogP contribution in [0.15, 0.2) is 30.3 Å². The third-order valence-corrected chi connectivity index (χ3v) is 4.19. The van der Waals surface area contributed by atoms with Crippen LogP contribution in [0.4, 0.5) is 0 Å². The van der Waals surface area contributed by atoms with E-state index in [2.05, 4.69) is 0 Å². The molecule has 0 bridgehead atoms. The standard InChI is InChI=1S/C16H20N2O4/c1-17-13(19)11-22-15(14(17)12-5-3-2-4-6-12)16(20)18-7-9-21-10-8-18/h2-6,14-15H,7-11H2,1H3/t14-,15-/m0/s1. The van der Waals surface area contributed by atoms with E-state index in [1.165, 1.54) is 0 Å². The van der Waals surface area contributed by atoms with Gasteiger partial charge >= 0.3 is 0 Å². The molecule has 0 N–H and O–H groups in total. The van der Waals surface area contributed by atoms with E-state index in [0.717, 1.165) is 5.56 Å². The first-order chi connectivity index (χ1) is 10.7. The van der Waals surface area contributed by atoms with Crippen LogP contribution in [0.1, 0.15) is 11.6 Å². The van der Waals surface area contributed by atoms with Gasteiger partial charge in [-0.2, -0.15) is 0 Å². The number of amides is 2. The lowest BCUT2D eigenvalue weighted by Crippen LogP contribution is -2.55. The summed E-state index contributed by atoms with van der Waals surface area (Å²) in [5, 5.41) is 0. The highest BCUT2D eigenvalue weighted by atomic mass is 16.5. The molecule has 0 radical (unpaired) electrons. The fourth-order valence-electron chi connectivity index (χ4n) is 2.93. The van der Waals surface area contributed by atoms with E-state index in [0.29, 0.717) is 26.3 Å². The van der Waals surface area contributed by atoms with Gasteiger partial charge in [0.05, 0.1) is 19.3 Å². The van der Waals surface area contributed by atoms with Gasteiger partial charge in [-0.05, 0) is 5.56 Å². The van der Waals surface area contributed by atoms with E-state index in [1.807, 2.05) is 30.3 Å². The van der Waals surface area contributed by atoms with Crippen molar-refractivity contribution in [2.45, 2.75) is 12.1 Å². The van der Waals surface area contributed by atoms with Crippen LogP contribution >= 0.6 is 0 Å². The number of ether oxygens (including phenoxy) is 2. The van der Waals surface area contributed by atoms with E-state index < -0.39 is 12.1 Å². The molecule has 1 aromatic rings. The number of likely N-dealkylation sites (N-methyl/N-ethyl adjacent to an activating group) is 1. The molecule has 22 heavy (non-hydrogen) atoms. The third kappa shape index (κ3) is 2.84. The van der Waals surface area contributed by atoms with E-state index in [9.17, 15) is 9.59 Å². The zero-order valence-corrected chi connectivity index (χ0v) is 12.6. The molecule has 0 aliphatic carbocycles. The molecule has 0 unspecified atom stereocenters. The monoisotopic (exact) mass is 304 g/mol. The van der Waals surface area contributed by atoms with Crippen molar-refractivity contribution in [1.29, 1.82) is 0 Å². The number of carbonyl (C=O) groups is 2. The molecule has 2 heterocycles. The first kappa shape index (κ1) is 15.0. The van der Waals surface area contributed by atoms with Gasteiger partial charge in [0.1, 0.15) is 6.61 Å². The summed E-state index contributed by atoms with van der Waals surface area (Å²) in [6, 6.07) is 9.16. The summed E-state index contributed by atoms with van der Waals surface area (Å²) in [5.74, 6) is -0.184. The van der Waals surface area contributed by atoms with Gasteiger partial charge in [0.25, 0.3) is 5.91 Å². The minimum Gasteiger partial charge on any atom is -0.378 e. The summed E-state index contributed by atoms with van der Waals surface area (Å²) < 4.78 is 10.9. The van der Waals surface area contributed by atoms with Gasteiger partial charge in [0.15, 0.2) is 6.10 Å². The van der Waals surface area contributed by atoms with Crippen LogP contribution in [-0.2, 0) is 19.1 Å². The number of morpholine rings is 2. The first-order valence-corrected chi connectivity index (χ1v) is 7.47. The molecule has 3 rings (SSSR count). The smallest absolute Gasteiger partial charge is 0.254 e. The summed E-state index contributed by atoms with van der Waals surface area (Å²) in [4.78, 5) is 28.1. The van der Waals surface area contributed by atoms with Crippen molar-refractivity contribution in [3.05, 3.63) is 35.9 Å². The van der Waals surface area contributed by atoms with Crippen molar-refractivity contribution in [1.82, 2.24) is 9.80 Å². The predicted octanol–water partition coefficient (Wildman–Crippen LogP) is 0.444. The van der Waals surface area contributed by atoms with Crippen molar-refractivity contribution in [2.75, 3.05) is 40.0 Å². The molecule has 0 aromatic heterocycles. The van der Waals surface area contributed by atoms with Gasteiger partial charge in [-0.1, -0.05) is 30.3 Å². The number of hydrogen-bond donors (Lipinski definition) is 0. The summed E-state index contributed by atoms with van der Waals surface area (Å²) in [5.41, 5.74) is 0.907. The van der Waals surface area contributed by atoms with Crippen molar-refractivity contribution in [3.8, 4) is 0 Å². The lowest BCUT2D eigenvalue weighted by atomic mass is 9.97. The van der Waals surface area contributed by atoms with Crippen LogP contribution in [0.25, 0.3) is 0 Å². The van der Waals surface area contributed by atoms with Crippen molar-refractivity contribution in [2.24, 2.45) is 0 Å². The zero-order valence-electron chi connectivity index (χ0n) is 12.6. The minimum atomic E-state index is -0.664. The second-order valence-corrected chi connectivity index (χ2v) is 5.53. The maximum absolute atomic E-state index is 12.8. The fourth-order valence-corrected chi connectivity index (χ4v) is 2.93. The maximum Gasteiger partial charge on any atom is 0.254 e. The van der Waals surface area contributed by atoms with Crippen molar-refractivity contribution >= 4 is 11.8 Å². The molecule has 2 atom stereocenters. The molecular weight excluding hydrogens is 284 g/mol. The Kier molecular flexibility index (Phi) is 4.40. The number of nitrogens with zero attached hydrogens (tertiary/aromatic N) is 2. The van der Waals surface area contributed by atoms with E-state index in [4.69, 9.17) is 9.47 Å². The van der Waals surface area contributed by atoms with Gasteiger partial charge < -0.3 is 19.3 Å². The van der Waals surface area contributed by atoms with E-state index in [1.54, 1.807) is 16.8 Å². The van der Waals surface area contributed by atoms with Gasteiger partial charge in [-0.15, -0.1) is 0 Å². The van der Waals surface area contributed by atoms with Crippen LogP contribution in [-0.4, -0.2) is 67.7 Å². The second kappa shape index (κ2) is 6.46. The molecule has 0 saturated carbocycles.